The van der Waals surface area contributed by atoms with Gasteiger partial charge in [-0.15, -0.1) is 33.3 Å². The van der Waals surface area contributed by atoms with E-state index in [1.807, 2.05) is 0 Å². The summed E-state index contributed by atoms with van der Waals surface area (Å²) in [6, 6.07) is 34.4. The molecule has 1 aliphatic rings. The number of benzene rings is 3. The van der Waals surface area contributed by atoms with Crippen molar-refractivity contribution in [3.63, 3.8) is 0 Å². The first-order valence-electron chi connectivity index (χ1n) is 15.4. The first-order chi connectivity index (χ1) is 19.6. The highest BCUT2D eigenvalue weighted by molar-refractivity contribution is 7.29. The van der Waals surface area contributed by atoms with Gasteiger partial charge in [-0.25, -0.2) is 0 Å². The average molecular weight is 649 g/mol. The number of hydrogen-bond acceptors (Lipinski definition) is 0. The van der Waals surface area contributed by atoms with E-state index in [1.54, 1.807) is 0 Å². The summed E-state index contributed by atoms with van der Waals surface area (Å²) in [6.45, 7) is 21.6. The van der Waals surface area contributed by atoms with Crippen molar-refractivity contribution >= 4 is 64.0 Å². The highest BCUT2D eigenvalue weighted by Gasteiger charge is 2.59. The van der Waals surface area contributed by atoms with E-state index < -0.39 is 48.4 Å². The Bertz CT molecular complexity index is 1360. The van der Waals surface area contributed by atoms with Gasteiger partial charge in [-0.1, -0.05) is 150 Å². The number of rotatable bonds is 3. The van der Waals surface area contributed by atoms with Crippen LogP contribution in [0.4, 0.5) is 0 Å². The van der Waals surface area contributed by atoms with E-state index in [0.717, 1.165) is 0 Å². The lowest BCUT2D eigenvalue weighted by atomic mass is 10.4. The standard InChI is InChI=1S/C36H48Si6/c1-37(2,3)25-28-40(34-19-13-10-14-20-34)31-41(29-26-38(4,5)6,35-21-15-11-16-22-35)33-42(32-40,30-27-39(7,8)9)36-23-17-12-18-24-36/h10-24H,31-33H2,1-9H3. The van der Waals surface area contributed by atoms with Crippen LogP contribution in [0.25, 0.3) is 0 Å². The minimum Gasteiger partial charge on any atom is -0.138 e. The molecule has 0 aliphatic carbocycles. The molecule has 216 valence electrons. The van der Waals surface area contributed by atoms with Crippen LogP contribution in [-0.4, -0.2) is 48.4 Å². The highest BCUT2D eigenvalue weighted by atomic mass is 28.5. The van der Waals surface area contributed by atoms with Gasteiger partial charge in [-0.3, -0.25) is 0 Å². The van der Waals surface area contributed by atoms with Crippen LogP contribution in [0.5, 0.6) is 0 Å². The maximum atomic E-state index is 4.24. The molecule has 0 nitrogen and oxygen atoms in total. The van der Waals surface area contributed by atoms with Crippen LogP contribution < -0.4 is 15.6 Å². The predicted molar refractivity (Wildman–Crippen MR) is 203 cm³/mol. The molecule has 0 N–H and O–H groups in total. The van der Waals surface area contributed by atoms with E-state index in [2.05, 4.69) is 183 Å². The second-order valence-corrected chi connectivity index (χ2v) is 42.8. The SMILES string of the molecule is C[Si](C)(C)C#C[Si]1(c2ccccc2)C[Si](C#C[Si](C)(C)C)(c2ccccc2)C[Si](C#C[Si](C)(C)C)(c2ccccc2)C1. The fraction of sp³-hybridized carbons (Fsp3) is 0.333. The molecule has 6 heteroatoms. The fourth-order valence-corrected chi connectivity index (χ4v) is 40.6. The molecule has 3 aromatic carbocycles. The predicted octanol–water partition coefficient (Wildman–Crippen LogP) is 6.95. The van der Waals surface area contributed by atoms with Gasteiger partial charge in [-0.05, 0) is 32.6 Å². The summed E-state index contributed by atoms with van der Waals surface area (Å²) in [5, 5.41) is 4.50. The first kappa shape index (κ1) is 32.6. The van der Waals surface area contributed by atoms with Crippen molar-refractivity contribution in [3.8, 4) is 33.3 Å². The molecule has 1 aliphatic heterocycles. The van der Waals surface area contributed by atoms with Crippen molar-refractivity contribution in [1.82, 2.24) is 0 Å². The minimum absolute atomic E-state index is 1.18. The third-order valence-corrected chi connectivity index (χ3v) is 31.8. The van der Waals surface area contributed by atoms with E-state index in [1.165, 1.54) is 32.6 Å². The maximum absolute atomic E-state index is 4.24. The van der Waals surface area contributed by atoms with Crippen molar-refractivity contribution in [1.29, 1.82) is 0 Å². The van der Waals surface area contributed by atoms with Crippen LogP contribution in [-0.2, 0) is 0 Å². The van der Waals surface area contributed by atoms with Gasteiger partial charge in [0.05, 0.1) is 0 Å². The molecule has 0 amide bonds. The average Bonchev–Trinajstić information content (AvgIpc) is 2.94. The smallest absolute Gasteiger partial charge is 0.138 e. The summed E-state index contributed by atoms with van der Waals surface area (Å²) >= 11 is 0. The van der Waals surface area contributed by atoms with Gasteiger partial charge in [0.25, 0.3) is 0 Å². The Hall–Kier alpha value is -2.36. The monoisotopic (exact) mass is 648 g/mol. The van der Waals surface area contributed by atoms with Crippen molar-refractivity contribution < 1.29 is 0 Å². The zero-order valence-corrected chi connectivity index (χ0v) is 33.3. The largest absolute Gasteiger partial charge is 0.165 e. The Balaban J connectivity index is 2.19. The summed E-state index contributed by atoms with van der Waals surface area (Å²) < 4.78 is 0. The Morgan fingerprint density at radius 2 is 0.595 bits per heavy atom. The van der Waals surface area contributed by atoms with Crippen LogP contribution in [0.1, 0.15) is 0 Å². The maximum Gasteiger partial charge on any atom is 0.165 e. The molecule has 0 bridgehead atoms. The molecule has 0 unspecified atom stereocenters. The molecular formula is C36H48Si6. The second kappa shape index (κ2) is 12.3. The van der Waals surface area contributed by atoms with E-state index in [9.17, 15) is 0 Å². The first-order valence-corrected chi connectivity index (χ1v) is 33.1. The zero-order valence-electron chi connectivity index (χ0n) is 27.3. The van der Waals surface area contributed by atoms with Crippen molar-refractivity contribution in [2.24, 2.45) is 0 Å². The number of hydrogen-bond donors (Lipinski definition) is 0. The van der Waals surface area contributed by atoms with E-state index in [4.69, 9.17) is 0 Å². The van der Waals surface area contributed by atoms with Gasteiger partial charge < -0.3 is 0 Å². The molecule has 0 spiro atoms. The highest BCUT2D eigenvalue weighted by Crippen LogP contribution is 2.40. The van der Waals surface area contributed by atoms with Crippen LogP contribution in [0.3, 0.4) is 0 Å². The quantitative estimate of drug-likeness (QED) is 0.213. The molecule has 1 fully saturated rings. The molecule has 3 aromatic rings. The summed E-state index contributed by atoms with van der Waals surface area (Å²) in [4.78, 5) is 0. The van der Waals surface area contributed by atoms with Crippen LogP contribution >= 0.6 is 0 Å². The van der Waals surface area contributed by atoms with E-state index in [-0.39, 0.29) is 0 Å². The lowest BCUT2D eigenvalue weighted by Crippen LogP contribution is -2.73. The molecule has 0 atom stereocenters. The summed E-state index contributed by atoms with van der Waals surface area (Å²) in [5.74, 6) is 0. The Labute approximate surface area is 262 Å². The minimum atomic E-state index is -2.37. The molecule has 0 aromatic heterocycles. The molecule has 1 saturated heterocycles. The lowest BCUT2D eigenvalue weighted by Gasteiger charge is -2.49. The molecular weight excluding hydrogens is 601 g/mol. The van der Waals surface area contributed by atoms with E-state index in [0.29, 0.717) is 0 Å². The normalized spacial score (nSPS) is 24.2. The molecule has 42 heavy (non-hydrogen) atoms. The topological polar surface area (TPSA) is 0 Å². The lowest BCUT2D eigenvalue weighted by molar-refractivity contribution is 1.46. The van der Waals surface area contributed by atoms with Gasteiger partial charge in [-0.2, -0.15) is 0 Å². The third-order valence-electron chi connectivity index (χ3n) is 7.82. The van der Waals surface area contributed by atoms with Crippen LogP contribution in [0, 0.1) is 33.3 Å². The Kier molecular flexibility index (Phi) is 9.56. The van der Waals surface area contributed by atoms with Crippen LogP contribution in [0.2, 0.25) is 75.9 Å². The van der Waals surface area contributed by atoms with Crippen molar-refractivity contribution in [2.45, 2.75) is 75.9 Å². The van der Waals surface area contributed by atoms with Crippen LogP contribution in [0.15, 0.2) is 91.0 Å². The summed E-state index contributed by atoms with van der Waals surface area (Å²) in [5.41, 5.74) is 28.2. The third kappa shape index (κ3) is 8.17. The fourth-order valence-electron chi connectivity index (χ4n) is 6.02. The van der Waals surface area contributed by atoms with Gasteiger partial charge in [0.2, 0.25) is 0 Å². The Morgan fingerprint density at radius 1 is 0.381 bits per heavy atom. The molecule has 4 rings (SSSR count). The van der Waals surface area contributed by atoms with Crippen molar-refractivity contribution in [2.75, 3.05) is 0 Å². The molecule has 0 radical (unpaired) electrons. The summed E-state index contributed by atoms with van der Waals surface area (Å²) in [7, 11) is -12.0. The van der Waals surface area contributed by atoms with E-state index >= 15 is 0 Å². The van der Waals surface area contributed by atoms with Gasteiger partial charge in [0.1, 0.15) is 24.2 Å². The van der Waals surface area contributed by atoms with Crippen molar-refractivity contribution in [3.05, 3.63) is 91.0 Å². The summed E-state index contributed by atoms with van der Waals surface area (Å²) in [6.07, 6.45) is 0. The second-order valence-electron chi connectivity index (χ2n) is 15.4. The zero-order chi connectivity index (χ0) is 30.7. The molecule has 1 heterocycles. The van der Waals surface area contributed by atoms with Gasteiger partial charge in [0, 0.05) is 0 Å². The molecule has 0 saturated carbocycles. The Morgan fingerprint density at radius 3 is 0.786 bits per heavy atom. The van der Waals surface area contributed by atoms with Gasteiger partial charge in [0.15, 0.2) is 24.2 Å². The van der Waals surface area contributed by atoms with Gasteiger partial charge >= 0.3 is 0 Å².